The van der Waals surface area contributed by atoms with Gasteiger partial charge >= 0.3 is 12.1 Å². The van der Waals surface area contributed by atoms with Gasteiger partial charge in [-0.3, -0.25) is 32.4 Å². The fourth-order valence-corrected chi connectivity index (χ4v) is 6.91. The molecule has 7 aromatic heterocycles. The molecule has 4 radical (unpaired) electrons. The van der Waals surface area contributed by atoms with Gasteiger partial charge in [0.15, 0.2) is 5.78 Å². The molecular weight excluding hydrogens is 1900 g/mol. The van der Waals surface area contributed by atoms with Crippen LogP contribution in [0.5, 0.6) is 0 Å². The Balaban J connectivity index is 0.000000364. The maximum Gasteiger partial charge on any atom is 0.429 e. The second-order valence-corrected chi connectivity index (χ2v) is 17.3. The van der Waals surface area contributed by atoms with E-state index in [2.05, 4.69) is 87.5 Å². The summed E-state index contributed by atoms with van der Waals surface area (Å²) in [5.74, 6) is -4.99. The van der Waals surface area contributed by atoms with E-state index in [0.29, 0.717) is 11.4 Å². The molecule has 0 bridgehead atoms. The molecule has 12 rings (SSSR count). The first-order valence-corrected chi connectivity index (χ1v) is 25.6. The molecule has 13 nitrogen and oxygen atoms in total. The average molecular weight is 1940 g/mol. The quantitative estimate of drug-likeness (QED) is 0.0663. The van der Waals surface area contributed by atoms with E-state index >= 15 is 0 Å². The summed E-state index contributed by atoms with van der Waals surface area (Å²) in [6, 6.07) is 66.8. The molecule has 7 heterocycles. The van der Waals surface area contributed by atoms with Gasteiger partial charge in [-0.15, -0.1) is 96.1 Å². The number of ketones is 1. The molecule has 0 saturated heterocycles. The molecule has 0 saturated carbocycles. The number of fused-ring (bicyclic) bond motifs is 1. The molecule has 0 atom stereocenters. The van der Waals surface area contributed by atoms with Crippen LogP contribution in [0.4, 0.5) is 30.7 Å². The van der Waals surface area contributed by atoms with Crippen molar-refractivity contribution in [1.82, 2.24) is 45.1 Å². The van der Waals surface area contributed by atoms with Gasteiger partial charge in [-0.25, -0.2) is 9.78 Å². The maximum absolute atomic E-state index is 13.2. The van der Waals surface area contributed by atoms with Gasteiger partial charge in [0.25, 0.3) is 0 Å². The Hall–Kier alpha value is -8.81. The normalized spacial score (nSPS) is 9.92. The van der Waals surface area contributed by atoms with Crippen LogP contribution in [0, 0.1) is 47.5 Å². The van der Waals surface area contributed by atoms with Gasteiger partial charge in [0.1, 0.15) is 11.5 Å². The van der Waals surface area contributed by atoms with Crippen molar-refractivity contribution in [2.24, 2.45) is 0 Å². The summed E-state index contributed by atoms with van der Waals surface area (Å²) >= 11 is 0. The number of hydrogen-bond donors (Lipinski definition) is 2. The van der Waals surface area contributed by atoms with E-state index in [0.717, 1.165) is 46.8 Å². The number of carbonyl (C=O) groups excluding carboxylic acids is 1. The molecule has 12 aromatic rings. The van der Waals surface area contributed by atoms with E-state index in [1.165, 1.54) is 55.2 Å². The van der Waals surface area contributed by atoms with Crippen molar-refractivity contribution in [1.29, 1.82) is 0 Å². The van der Waals surface area contributed by atoms with E-state index < -0.39 is 41.2 Å². The molecule has 0 spiro atoms. The third kappa shape index (κ3) is 27.4. The fourth-order valence-electron chi connectivity index (χ4n) is 6.91. The van der Waals surface area contributed by atoms with Crippen molar-refractivity contribution in [2.75, 3.05) is 0 Å². The molecule has 0 unspecified atom stereocenters. The molecule has 91 heavy (non-hydrogen) atoms. The number of aromatic carboxylic acids is 1. The molecule has 24 heteroatoms. The monoisotopic (exact) mass is 1950 g/mol. The first-order valence-electron chi connectivity index (χ1n) is 25.6. The van der Waals surface area contributed by atoms with Gasteiger partial charge in [0.05, 0.1) is 11.5 Å². The molecular formula is C67H47F7Ir4N9O4-5. The van der Waals surface area contributed by atoms with E-state index in [-0.39, 0.29) is 120 Å². The van der Waals surface area contributed by atoms with Crippen molar-refractivity contribution in [3.8, 4) is 56.5 Å². The van der Waals surface area contributed by atoms with E-state index in [4.69, 9.17) is 10.2 Å². The third-order valence-corrected chi connectivity index (χ3v) is 10.7. The zero-order chi connectivity index (χ0) is 62.4. The number of rotatable bonds is 7. The van der Waals surface area contributed by atoms with Crippen LogP contribution in [0.2, 0.25) is 0 Å². The standard InChI is InChI=1S/C15H10N.2C11H6F2N.C11H8N.C8H4F3N4.C6H5NO2.C5H8O2.4Ir/c1-2-6-12(7-3-1)15-10-13-8-4-5-9-14(13)11-16-15;2*12-8-4-5-9(10(13)7-8)11-3-1-2-6-14-11;1-2-6-10(7-3-1)11-8-4-5-9-12-11;9-8(10,11)7-13-6(14-15-7)5-3-1-2-4-12-5;8-6(9)5-3-1-2-4-7-5;1-4(6)3-5(2)7;;;;/h1-6,8-11H;2*1-4,6-7H;1-6,8-9H;1-4H;1-4H,(H,8,9);3,6H,1-2H3;;;;/q5*-1;;;;;;. The predicted molar refractivity (Wildman–Crippen MR) is 313 cm³/mol. The zero-order valence-electron chi connectivity index (χ0n) is 47.2. The minimum absolute atomic E-state index is 0. The SMILES string of the molecule is CC(=O)C=C(C)O.FC(F)(F)c1n[n-]c(-c2ccccn2)n1.Fc1c[c-]c(-c2ccccn2)c(F)c1.Fc1c[c-]c(-c2ccccn2)c(F)c1.O=C(O)c1ccccn1.[Ir].[Ir].[Ir].[Ir].[c-]1ccccc1-c1cc2ccccc2cn1.[c-]1ccccc1-c1ccccn1. The van der Waals surface area contributed by atoms with Gasteiger partial charge < -0.3 is 40.2 Å². The van der Waals surface area contributed by atoms with Crippen LogP contribution < -0.4 is 5.10 Å². The summed E-state index contributed by atoms with van der Waals surface area (Å²) in [5, 5.41) is 25.3. The second kappa shape index (κ2) is 41.5. The summed E-state index contributed by atoms with van der Waals surface area (Å²) in [5.41, 5.74) is 5.63. The minimum Gasteiger partial charge on any atom is -0.512 e. The summed E-state index contributed by atoms with van der Waals surface area (Å²) in [6.45, 7) is 2.85. The van der Waals surface area contributed by atoms with Gasteiger partial charge in [0, 0.05) is 147 Å². The fraction of sp³-hybridized carbons (Fsp3) is 0.0448. The number of allylic oxidation sites excluding steroid dienone is 2. The van der Waals surface area contributed by atoms with Gasteiger partial charge in [-0.1, -0.05) is 102 Å². The van der Waals surface area contributed by atoms with Crippen molar-refractivity contribution in [2.45, 2.75) is 20.0 Å². The maximum atomic E-state index is 13.2. The molecule has 2 N–H and O–H groups in total. The molecule has 0 amide bonds. The third-order valence-electron chi connectivity index (χ3n) is 10.7. The summed E-state index contributed by atoms with van der Waals surface area (Å²) in [4.78, 5) is 47.3. The Kier molecular flexibility index (Phi) is 35.7. The number of aliphatic hydroxyl groups excluding tert-OH is 1. The van der Waals surface area contributed by atoms with Crippen LogP contribution in [0.3, 0.4) is 0 Å². The Morgan fingerprint density at radius 1 is 0.484 bits per heavy atom. The van der Waals surface area contributed by atoms with Crippen LogP contribution >= 0.6 is 0 Å². The van der Waals surface area contributed by atoms with E-state index in [1.54, 1.807) is 79.3 Å². The molecule has 474 valence electrons. The van der Waals surface area contributed by atoms with Crippen LogP contribution in [0.25, 0.3) is 67.3 Å². The first kappa shape index (κ1) is 78.3. The first-order chi connectivity index (χ1) is 41.9. The van der Waals surface area contributed by atoms with Crippen molar-refractivity contribution in [3.05, 3.63) is 302 Å². The van der Waals surface area contributed by atoms with Crippen LogP contribution in [-0.2, 0) is 91.4 Å². The Bertz CT molecular complexity index is 3940. The minimum atomic E-state index is -4.57. The second-order valence-electron chi connectivity index (χ2n) is 17.3. The number of aromatic nitrogens is 9. The summed E-state index contributed by atoms with van der Waals surface area (Å²) < 4.78 is 88.0. The number of nitrogens with zero attached hydrogens (tertiary/aromatic N) is 9. The number of carboxylic acids is 1. The smallest absolute Gasteiger partial charge is 0.429 e. The number of benzene rings is 5. The number of carboxylic acid groups (broad SMARTS) is 1. The number of carbonyl (C=O) groups is 2. The van der Waals surface area contributed by atoms with Crippen LogP contribution in [0.15, 0.2) is 243 Å². The van der Waals surface area contributed by atoms with Crippen molar-refractivity contribution < 1.29 is 131 Å². The molecule has 0 fully saturated rings. The number of alkyl halides is 3. The van der Waals surface area contributed by atoms with Gasteiger partial charge in [0.2, 0.25) is 0 Å². The van der Waals surface area contributed by atoms with E-state index in [1.807, 2.05) is 85.1 Å². The zero-order valence-corrected chi connectivity index (χ0v) is 56.8. The van der Waals surface area contributed by atoms with Crippen LogP contribution in [-0.4, -0.2) is 62.0 Å². The average Bonchev–Trinajstić information content (AvgIpc) is 2.09. The van der Waals surface area contributed by atoms with Crippen molar-refractivity contribution >= 4 is 22.5 Å². The topological polar surface area (TPSA) is 192 Å². The Morgan fingerprint density at radius 2 is 0.912 bits per heavy atom. The summed E-state index contributed by atoms with van der Waals surface area (Å²) in [6.07, 6.45) is 6.28. The number of halogens is 7. The van der Waals surface area contributed by atoms with Crippen molar-refractivity contribution in [3.63, 3.8) is 0 Å². The van der Waals surface area contributed by atoms with Gasteiger partial charge in [-0.05, 0) is 95.7 Å². The molecule has 0 aliphatic rings. The molecule has 5 aromatic carbocycles. The van der Waals surface area contributed by atoms with Gasteiger partial charge in [-0.2, -0.15) is 13.2 Å². The number of aliphatic hydroxyl groups is 1. The summed E-state index contributed by atoms with van der Waals surface area (Å²) in [7, 11) is 0. The number of hydrogen-bond acceptors (Lipinski definition) is 11. The number of pyridine rings is 6. The largest absolute Gasteiger partial charge is 0.512 e. The Morgan fingerprint density at radius 3 is 1.27 bits per heavy atom. The molecule has 0 aliphatic carbocycles. The van der Waals surface area contributed by atoms with E-state index in [9.17, 15) is 40.3 Å². The van der Waals surface area contributed by atoms with Crippen LogP contribution in [0.1, 0.15) is 30.2 Å². The Labute approximate surface area is 573 Å². The molecule has 0 aliphatic heterocycles. The predicted octanol–water partition coefficient (Wildman–Crippen LogP) is 15.2.